The van der Waals surface area contributed by atoms with Crippen LogP contribution in [0.3, 0.4) is 0 Å². The molecule has 0 spiro atoms. The second-order valence-corrected chi connectivity index (χ2v) is 9.34. The molecule has 2 aromatic carbocycles. The van der Waals surface area contributed by atoms with Crippen molar-refractivity contribution in [2.24, 2.45) is 5.41 Å². The predicted octanol–water partition coefficient (Wildman–Crippen LogP) is 5.77. The number of carbonyl (C=O) groups is 1. The number of nitrogens with zero attached hydrogens (tertiary/aromatic N) is 4. The molecule has 0 aliphatic carbocycles. The summed E-state index contributed by atoms with van der Waals surface area (Å²) in [5, 5.41) is 6.73. The molecule has 1 N–H and O–H groups in total. The van der Waals surface area contributed by atoms with Crippen molar-refractivity contribution in [2.75, 3.05) is 11.9 Å². The van der Waals surface area contributed by atoms with Crippen LogP contribution in [0.15, 0.2) is 48.8 Å². The number of hydrogen-bond donors (Lipinski definition) is 1. The molecule has 0 aliphatic heterocycles. The molecule has 0 bridgehead atoms. The van der Waals surface area contributed by atoms with Crippen molar-refractivity contribution < 1.29 is 27.1 Å². The fraction of sp³-hybridized carbons (Fsp3) is 0.280. The Hall–Kier alpha value is -4.02. The average molecular weight is 501 g/mol. The molecule has 0 fully saturated rings. The molecule has 0 saturated carbocycles. The molecule has 0 radical (unpaired) electrons. The molecule has 4 rings (SSSR count). The molecule has 7 nitrogen and oxygen atoms in total. The molecular formula is C25H23F4N5O2. The maximum absolute atomic E-state index is 13.6. The van der Waals surface area contributed by atoms with Gasteiger partial charge in [-0.15, -0.1) is 5.10 Å². The van der Waals surface area contributed by atoms with E-state index in [1.807, 2.05) is 0 Å². The number of anilines is 1. The minimum atomic E-state index is -4.78. The quantitative estimate of drug-likeness (QED) is 0.276. The Morgan fingerprint density at radius 3 is 2.53 bits per heavy atom. The summed E-state index contributed by atoms with van der Waals surface area (Å²) in [6.07, 6.45) is -1.67. The van der Waals surface area contributed by atoms with Crippen molar-refractivity contribution in [3.05, 3.63) is 65.7 Å². The summed E-state index contributed by atoms with van der Waals surface area (Å²) in [6.45, 7) is 5.30. The minimum Gasteiger partial charge on any atom is -0.405 e. The van der Waals surface area contributed by atoms with E-state index in [0.717, 1.165) is 12.1 Å². The maximum atomic E-state index is 13.6. The molecule has 4 aromatic rings. The second kappa shape index (κ2) is 9.21. The van der Waals surface area contributed by atoms with Crippen LogP contribution in [0, 0.1) is 11.2 Å². The SMILES string of the molecule is CN(Cc1ccc(F)c(C(F)(F)F)c1)c1cnc2cc(-c3c[nH]nc3OC(=O)C(C)(C)C)ccc2n1. The largest absolute Gasteiger partial charge is 0.419 e. The van der Waals surface area contributed by atoms with E-state index >= 15 is 0 Å². The lowest BCUT2D eigenvalue weighted by atomic mass is 9.97. The van der Waals surface area contributed by atoms with Crippen molar-refractivity contribution >= 4 is 22.8 Å². The first-order valence-corrected chi connectivity index (χ1v) is 10.9. The summed E-state index contributed by atoms with van der Waals surface area (Å²) < 4.78 is 58.1. The maximum Gasteiger partial charge on any atom is 0.419 e. The van der Waals surface area contributed by atoms with Crippen molar-refractivity contribution in [3.63, 3.8) is 0 Å². The predicted molar refractivity (Wildman–Crippen MR) is 126 cm³/mol. The van der Waals surface area contributed by atoms with Gasteiger partial charge in [0.25, 0.3) is 0 Å². The Kier molecular flexibility index (Phi) is 6.42. The molecule has 188 valence electrons. The van der Waals surface area contributed by atoms with Crippen LogP contribution in [-0.2, 0) is 17.5 Å². The Morgan fingerprint density at radius 2 is 1.83 bits per heavy atom. The van der Waals surface area contributed by atoms with Gasteiger partial charge in [-0.05, 0) is 56.2 Å². The van der Waals surface area contributed by atoms with E-state index in [2.05, 4.69) is 20.2 Å². The van der Waals surface area contributed by atoms with Crippen LogP contribution in [0.25, 0.3) is 22.2 Å². The number of aromatic amines is 1. The lowest BCUT2D eigenvalue weighted by Crippen LogP contribution is -2.25. The summed E-state index contributed by atoms with van der Waals surface area (Å²) in [4.78, 5) is 22.9. The number of esters is 1. The van der Waals surface area contributed by atoms with Gasteiger partial charge in [-0.3, -0.25) is 14.9 Å². The number of benzene rings is 2. The number of H-pyrrole nitrogens is 1. The fourth-order valence-electron chi connectivity index (χ4n) is 3.40. The number of nitrogens with one attached hydrogen (secondary N) is 1. The van der Waals surface area contributed by atoms with Gasteiger partial charge in [0.2, 0.25) is 5.88 Å². The first-order valence-electron chi connectivity index (χ1n) is 10.9. The van der Waals surface area contributed by atoms with Crippen LogP contribution in [0.2, 0.25) is 0 Å². The third-order valence-electron chi connectivity index (χ3n) is 5.39. The second-order valence-electron chi connectivity index (χ2n) is 9.34. The molecule has 11 heteroatoms. The third kappa shape index (κ3) is 5.29. The summed E-state index contributed by atoms with van der Waals surface area (Å²) in [5.74, 6) is -1.16. The number of carbonyl (C=O) groups excluding carboxylic acids is 1. The number of ether oxygens (including phenoxy) is 1. The zero-order valence-corrected chi connectivity index (χ0v) is 19.9. The smallest absolute Gasteiger partial charge is 0.405 e. The molecule has 0 saturated heterocycles. The van der Waals surface area contributed by atoms with Crippen LogP contribution in [-0.4, -0.2) is 33.2 Å². The topological polar surface area (TPSA) is 84.0 Å². The van der Waals surface area contributed by atoms with Gasteiger partial charge in [-0.2, -0.15) is 13.2 Å². The molecule has 2 aromatic heterocycles. The van der Waals surface area contributed by atoms with Crippen LogP contribution in [0.5, 0.6) is 5.88 Å². The first-order chi connectivity index (χ1) is 16.8. The van der Waals surface area contributed by atoms with E-state index in [1.54, 1.807) is 57.1 Å². The summed E-state index contributed by atoms with van der Waals surface area (Å²) in [5.41, 5.74) is 0.659. The fourth-order valence-corrected chi connectivity index (χ4v) is 3.40. The molecule has 0 unspecified atom stereocenters. The normalized spacial score (nSPS) is 12.1. The van der Waals surface area contributed by atoms with Crippen LogP contribution in [0.1, 0.15) is 31.9 Å². The minimum absolute atomic E-state index is 0.0686. The number of halogens is 4. The Labute approximate surface area is 204 Å². The number of aromatic nitrogens is 4. The zero-order valence-electron chi connectivity index (χ0n) is 19.9. The van der Waals surface area contributed by atoms with Gasteiger partial charge in [-0.25, -0.2) is 9.37 Å². The first kappa shape index (κ1) is 25.1. The number of alkyl halides is 3. The van der Waals surface area contributed by atoms with Gasteiger partial charge in [0.1, 0.15) is 11.6 Å². The average Bonchev–Trinajstić information content (AvgIpc) is 3.26. The molecule has 36 heavy (non-hydrogen) atoms. The van der Waals surface area contributed by atoms with Gasteiger partial charge in [0.05, 0.1) is 33.8 Å². The van der Waals surface area contributed by atoms with Gasteiger partial charge in [-0.1, -0.05) is 12.1 Å². The van der Waals surface area contributed by atoms with Crippen molar-refractivity contribution in [1.82, 2.24) is 20.2 Å². The van der Waals surface area contributed by atoms with Crippen LogP contribution < -0.4 is 9.64 Å². The van der Waals surface area contributed by atoms with Gasteiger partial charge >= 0.3 is 12.1 Å². The van der Waals surface area contributed by atoms with E-state index in [0.29, 0.717) is 28.0 Å². The number of hydrogen-bond acceptors (Lipinski definition) is 6. The highest BCUT2D eigenvalue weighted by atomic mass is 19.4. The van der Waals surface area contributed by atoms with Gasteiger partial charge in [0, 0.05) is 19.8 Å². The summed E-state index contributed by atoms with van der Waals surface area (Å²) in [6, 6.07) is 8.18. The highest BCUT2D eigenvalue weighted by Gasteiger charge is 2.34. The van der Waals surface area contributed by atoms with E-state index < -0.39 is 28.9 Å². The number of fused-ring (bicyclic) bond motifs is 1. The Morgan fingerprint density at radius 1 is 1.08 bits per heavy atom. The van der Waals surface area contributed by atoms with E-state index in [9.17, 15) is 22.4 Å². The Balaban J connectivity index is 1.56. The van der Waals surface area contributed by atoms with Crippen LogP contribution >= 0.6 is 0 Å². The van der Waals surface area contributed by atoms with Gasteiger partial charge < -0.3 is 9.64 Å². The molecular weight excluding hydrogens is 478 g/mol. The lowest BCUT2D eigenvalue weighted by Gasteiger charge is -2.19. The van der Waals surface area contributed by atoms with E-state index in [-0.39, 0.29) is 18.0 Å². The van der Waals surface area contributed by atoms with E-state index in [4.69, 9.17) is 4.74 Å². The van der Waals surface area contributed by atoms with Crippen LogP contribution in [0.4, 0.5) is 23.4 Å². The molecule has 2 heterocycles. The monoisotopic (exact) mass is 501 g/mol. The zero-order chi connectivity index (χ0) is 26.3. The summed E-state index contributed by atoms with van der Waals surface area (Å²) >= 11 is 0. The highest BCUT2D eigenvalue weighted by Crippen LogP contribution is 2.33. The van der Waals surface area contributed by atoms with E-state index in [1.165, 1.54) is 12.3 Å². The molecule has 0 amide bonds. The molecule has 0 atom stereocenters. The highest BCUT2D eigenvalue weighted by molar-refractivity contribution is 5.85. The van der Waals surface area contributed by atoms with Crippen molar-refractivity contribution in [1.29, 1.82) is 0 Å². The Bertz CT molecular complexity index is 1430. The lowest BCUT2D eigenvalue weighted by molar-refractivity contribution is -0.143. The van der Waals surface area contributed by atoms with Gasteiger partial charge in [0.15, 0.2) is 0 Å². The number of rotatable bonds is 5. The standard InChI is InChI=1S/C25H23F4N5O2/c1-24(2,3)23(35)36-22-16(11-31-33-22)15-6-8-19-20(10-15)30-12-21(32-19)34(4)13-14-5-7-18(26)17(9-14)25(27,28)29/h5-12H,13H2,1-4H3,(H,31,33). The molecule has 0 aliphatic rings. The summed E-state index contributed by atoms with van der Waals surface area (Å²) in [7, 11) is 1.65. The van der Waals surface area contributed by atoms with Crippen molar-refractivity contribution in [3.8, 4) is 17.0 Å². The third-order valence-corrected chi connectivity index (χ3v) is 5.39. The van der Waals surface area contributed by atoms with Crippen molar-refractivity contribution in [2.45, 2.75) is 33.5 Å².